The van der Waals surface area contributed by atoms with Crippen molar-refractivity contribution >= 4 is 23.5 Å². The van der Waals surface area contributed by atoms with Crippen LogP contribution < -0.4 is 14.2 Å². The van der Waals surface area contributed by atoms with Gasteiger partial charge in [-0.2, -0.15) is 0 Å². The monoisotopic (exact) mass is 436 g/mol. The Morgan fingerprint density at radius 3 is 2.19 bits per heavy atom. The Hall–Kier alpha value is -3.24. The highest BCUT2D eigenvalue weighted by Crippen LogP contribution is 2.28. The van der Waals surface area contributed by atoms with Gasteiger partial charge in [0.25, 0.3) is 0 Å². The molecule has 0 atom stereocenters. The molecule has 0 aliphatic heterocycles. The van der Waals surface area contributed by atoms with Crippen molar-refractivity contribution in [2.45, 2.75) is 20.5 Å². The SMILES string of the molecule is COc1ccc(C(=O)/C=C/c2ccc(OC)c(COc3cc(C)c(Cl)c(C)c3)c2)cc1. The number of hydrogen-bond acceptors (Lipinski definition) is 4. The summed E-state index contributed by atoms with van der Waals surface area (Å²) in [4.78, 5) is 12.4. The molecule has 0 saturated carbocycles. The van der Waals surface area contributed by atoms with Crippen LogP contribution in [0.25, 0.3) is 6.08 Å². The van der Waals surface area contributed by atoms with Crippen LogP contribution in [0.2, 0.25) is 5.02 Å². The Balaban J connectivity index is 1.75. The van der Waals surface area contributed by atoms with Crippen LogP contribution in [0.3, 0.4) is 0 Å². The summed E-state index contributed by atoms with van der Waals surface area (Å²) in [5, 5.41) is 0.749. The third-order valence-corrected chi connectivity index (χ3v) is 5.51. The van der Waals surface area contributed by atoms with Gasteiger partial charge in [0, 0.05) is 16.1 Å². The molecule has 0 aliphatic rings. The lowest BCUT2D eigenvalue weighted by molar-refractivity contribution is 0.104. The number of aryl methyl sites for hydroxylation is 2. The molecule has 0 aliphatic carbocycles. The van der Waals surface area contributed by atoms with Gasteiger partial charge in [-0.15, -0.1) is 0 Å². The molecule has 0 spiro atoms. The summed E-state index contributed by atoms with van der Waals surface area (Å²) in [5.74, 6) is 2.10. The summed E-state index contributed by atoms with van der Waals surface area (Å²) >= 11 is 6.24. The Morgan fingerprint density at radius 2 is 1.58 bits per heavy atom. The predicted molar refractivity (Wildman–Crippen MR) is 125 cm³/mol. The second-order valence-corrected chi connectivity index (χ2v) is 7.54. The number of rotatable bonds is 8. The van der Waals surface area contributed by atoms with Crippen molar-refractivity contribution in [3.05, 3.63) is 93.5 Å². The molecule has 0 saturated heterocycles. The number of carbonyl (C=O) groups is 1. The molecule has 3 rings (SSSR count). The fourth-order valence-electron chi connectivity index (χ4n) is 3.19. The lowest BCUT2D eigenvalue weighted by atomic mass is 10.1. The minimum Gasteiger partial charge on any atom is -0.497 e. The van der Waals surface area contributed by atoms with Gasteiger partial charge in [0.1, 0.15) is 23.9 Å². The fourth-order valence-corrected chi connectivity index (χ4v) is 3.30. The van der Waals surface area contributed by atoms with Gasteiger partial charge < -0.3 is 14.2 Å². The van der Waals surface area contributed by atoms with Crippen LogP contribution in [-0.4, -0.2) is 20.0 Å². The van der Waals surface area contributed by atoms with E-state index < -0.39 is 0 Å². The number of carbonyl (C=O) groups excluding carboxylic acids is 1. The van der Waals surface area contributed by atoms with E-state index in [0.29, 0.717) is 17.9 Å². The largest absolute Gasteiger partial charge is 0.497 e. The Labute approximate surface area is 188 Å². The minimum absolute atomic E-state index is 0.0802. The molecule has 31 heavy (non-hydrogen) atoms. The molecule has 0 N–H and O–H groups in total. The molecular formula is C26H25ClO4. The third-order valence-electron chi connectivity index (χ3n) is 4.91. The normalized spacial score (nSPS) is 10.9. The van der Waals surface area contributed by atoms with Gasteiger partial charge in [0.05, 0.1) is 14.2 Å². The van der Waals surface area contributed by atoms with Crippen molar-refractivity contribution in [3.63, 3.8) is 0 Å². The van der Waals surface area contributed by atoms with E-state index in [1.165, 1.54) is 0 Å². The number of hydrogen-bond donors (Lipinski definition) is 0. The minimum atomic E-state index is -0.0802. The number of methoxy groups -OCH3 is 2. The standard InChI is InChI=1S/C26H25ClO4/c1-17-13-23(14-18(2)26(17)27)31-16-21-15-19(6-12-25(21)30-4)5-11-24(28)20-7-9-22(29-3)10-8-20/h5-15H,16H2,1-4H3/b11-5+. The summed E-state index contributed by atoms with van der Waals surface area (Å²) in [7, 11) is 3.22. The molecule has 3 aromatic carbocycles. The molecule has 160 valence electrons. The van der Waals surface area contributed by atoms with Gasteiger partial charge in [-0.3, -0.25) is 4.79 Å². The van der Waals surface area contributed by atoms with Crippen molar-refractivity contribution in [2.24, 2.45) is 0 Å². The maximum atomic E-state index is 12.4. The van der Waals surface area contributed by atoms with E-state index in [1.807, 2.05) is 44.2 Å². The summed E-state index contributed by atoms with van der Waals surface area (Å²) in [5.41, 5.74) is 4.30. The van der Waals surface area contributed by atoms with Gasteiger partial charge in [-0.1, -0.05) is 23.7 Å². The smallest absolute Gasteiger partial charge is 0.185 e. The number of halogens is 1. The molecule has 0 radical (unpaired) electrons. The average Bonchev–Trinajstić information content (AvgIpc) is 2.79. The number of benzene rings is 3. The number of allylic oxidation sites excluding steroid dienone is 1. The Bertz CT molecular complexity index is 1080. The number of ether oxygens (including phenoxy) is 3. The van der Waals surface area contributed by atoms with Gasteiger partial charge >= 0.3 is 0 Å². The van der Waals surface area contributed by atoms with E-state index in [4.69, 9.17) is 25.8 Å². The predicted octanol–water partition coefficient (Wildman–Crippen LogP) is 6.45. The van der Waals surface area contributed by atoms with Crippen LogP contribution >= 0.6 is 11.6 Å². The lowest BCUT2D eigenvalue weighted by Crippen LogP contribution is -2.00. The molecular weight excluding hydrogens is 412 g/mol. The highest BCUT2D eigenvalue weighted by atomic mass is 35.5. The first-order chi connectivity index (χ1) is 14.9. The van der Waals surface area contributed by atoms with Crippen LogP contribution in [0, 0.1) is 13.8 Å². The first-order valence-corrected chi connectivity index (χ1v) is 10.2. The molecule has 5 heteroatoms. The van der Waals surface area contributed by atoms with Crippen LogP contribution in [0.1, 0.15) is 32.6 Å². The summed E-state index contributed by atoms with van der Waals surface area (Å²) < 4.78 is 16.6. The zero-order valence-corrected chi connectivity index (χ0v) is 18.8. The van der Waals surface area contributed by atoms with Crippen molar-refractivity contribution < 1.29 is 19.0 Å². The van der Waals surface area contributed by atoms with Gasteiger partial charge in [0.2, 0.25) is 0 Å². The second-order valence-electron chi connectivity index (χ2n) is 7.16. The maximum absolute atomic E-state index is 12.4. The molecule has 0 heterocycles. The molecule has 0 fully saturated rings. The van der Waals surface area contributed by atoms with Gasteiger partial charge in [0.15, 0.2) is 5.78 Å². The third kappa shape index (κ3) is 5.68. The topological polar surface area (TPSA) is 44.8 Å². The molecule has 0 unspecified atom stereocenters. The average molecular weight is 437 g/mol. The summed E-state index contributed by atoms with van der Waals surface area (Å²) in [6.07, 6.45) is 3.34. The highest BCUT2D eigenvalue weighted by Gasteiger charge is 2.08. The van der Waals surface area contributed by atoms with Crippen LogP contribution in [0.4, 0.5) is 0 Å². The van der Waals surface area contributed by atoms with Gasteiger partial charge in [-0.05, 0) is 85.1 Å². The first-order valence-electron chi connectivity index (χ1n) is 9.84. The zero-order chi connectivity index (χ0) is 22.4. The second kappa shape index (κ2) is 10.2. The van der Waals surface area contributed by atoms with E-state index in [-0.39, 0.29) is 5.78 Å². The van der Waals surface area contributed by atoms with E-state index in [9.17, 15) is 4.79 Å². The van der Waals surface area contributed by atoms with Crippen molar-refractivity contribution in [1.82, 2.24) is 0 Å². The quantitative estimate of drug-likeness (QED) is 0.300. The van der Waals surface area contributed by atoms with Crippen molar-refractivity contribution in [2.75, 3.05) is 14.2 Å². The maximum Gasteiger partial charge on any atom is 0.185 e. The van der Waals surface area contributed by atoms with Crippen LogP contribution in [-0.2, 0) is 6.61 Å². The van der Waals surface area contributed by atoms with E-state index in [0.717, 1.165) is 38.8 Å². The molecule has 3 aromatic rings. The van der Waals surface area contributed by atoms with Crippen molar-refractivity contribution in [3.8, 4) is 17.2 Å². The number of ketones is 1. The van der Waals surface area contributed by atoms with E-state index in [2.05, 4.69) is 0 Å². The first kappa shape index (κ1) is 22.4. The molecule has 0 aromatic heterocycles. The van der Waals surface area contributed by atoms with Crippen LogP contribution in [0.5, 0.6) is 17.2 Å². The highest BCUT2D eigenvalue weighted by molar-refractivity contribution is 6.32. The zero-order valence-electron chi connectivity index (χ0n) is 18.1. The summed E-state index contributed by atoms with van der Waals surface area (Å²) in [6, 6.07) is 16.6. The van der Waals surface area contributed by atoms with E-state index >= 15 is 0 Å². The van der Waals surface area contributed by atoms with Crippen LogP contribution in [0.15, 0.2) is 60.7 Å². The molecule has 0 amide bonds. The molecule has 0 bridgehead atoms. The van der Waals surface area contributed by atoms with Crippen molar-refractivity contribution in [1.29, 1.82) is 0 Å². The van der Waals surface area contributed by atoms with Gasteiger partial charge in [-0.25, -0.2) is 0 Å². The molecule has 4 nitrogen and oxygen atoms in total. The lowest BCUT2D eigenvalue weighted by Gasteiger charge is -2.13. The Kier molecular flexibility index (Phi) is 7.37. The van der Waals surface area contributed by atoms with E-state index in [1.54, 1.807) is 50.6 Å². The Morgan fingerprint density at radius 1 is 0.903 bits per heavy atom. The fraction of sp³-hybridized carbons (Fsp3) is 0.192. The summed E-state index contributed by atoms with van der Waals surface area (Å²) in [6.45, 7) is 4.24.